The van der Waals surface area contributed by atoms with Gasteiger partial charge in [-0.2, -0.15) is 11.3 Å². The molecule has 0 fully saturated rings. The van der Waals surface area contributed by atoms with Crippen molar-refractivity contribution in [3.8, 4) is 0 Å². The molecule has 0 radical (unpaired) electrons. The van der Waals surface area contributed by atoms with Crippen molar-refractivity contribution in [3.63, 3.8) is 0 Å². The van der Waals surface area contributed by atoms with Crippen LogP contribution in [0.4, 0.5) is 0 Å². The molecule has 5 heteroatoms. The molecule has 1 unspecified atom stereocenters. The number of hydrogen-bond acceptors (Lipinski definition) is 3. The van der Waals surface area contributed by atoms with Gasteiger partial charge in [-0.1, -0.05) is 0 Å². The number of amides is 1. The lowest BCUT2D eigenvalue weighted by Gasteiger charge is -2.10. The van der Waals surface area contributed by atoms with E-state index in [0.717, 1.165) is 11.4 Å². The molecule has 84 valence electrons. The molecule has 2 aromatic rings. The summed E-state index contributed by atoms with van der Waals surface area (Å²) >= 11 is 1.60. The van der Waals surface area contributed by atoms with Crippen LogP contribution in [0.25, 0.3) is 0 Å². The summed E-state index contributed by atoms with van der Waals surface area (Å²) in [6.45, 7) is 1.91. The Hall–Kier alpha value is -1.62. The van der Waals surface area contributed by atoms with Crippen LogP contribution in [-0.4, -0.2) is 15.9 Å². The fourth-order valence-corrected chi connectivity index (χ4v) is 2.12. The highest BCUT2D eigenvalue weighted by Gasteiger charge is 2.11. The van der Waals surface area contributed by atoms with Crippen LogP contribution < -0.4 is 5.32 Å². The van der Waals surface area contributed by atoms with Gasteiger partial charge in [-0.25, -0.2) is 4.98 Å². The topological polar surface area (TPSA) is 57.8 Å². The fraction of sp³-hybridized carbons (Fsp3) is 0.273. The maximum Gasteiger partial charge on any atom is 0.225 e. The number of nitrogens with zero attached hydrogens (tertiary/aromatic N) is 1. The van der Waals surface area contributed by atoms with E-state index in [4.69, 9.17) is 0 Å². The summed E-state index contributed by atoms with van der Waals surface area (Å²) in [7, 11) is 0. The Morgan fingerprint density at radius 1 is 1.69 bits per heavy atom. The monoisotopic (exact) mass is 235 g/mol. The molecule has 2 heterocycles. The Morgan fingerprint density at radius 2 is 2.56 bits per heavy atom. The molecule has 1 atom stereocenters. The minimum absolute atomic E-state index is 0.0160. The molecule has 0 bridgehead atoms. The SMILES string of the molecule is CC(NC(=O)Cc1ccsc1)c1ncc[nH]1. The van der Waals surface area contributed by atoms with E-state index in [1.807, 2.05) is 23.8 Å². The van der Waals surface area contributed by atoms with Gasteiger partial charge in [-0.05, 0) is 29.3 Å². The van der Waals surface area contributed by atoms with Crippen molar-refractivity contribution in [1.29, 1.82) is 0 Å². The zero-order valence-corrected chi connectivity index (χ0v) is 9.75. The Kier molecular flexibility index (Phi) is 3.36. The van der Waals surface area contributed by atoms with E-state index < -0.39 is 0 Å². The van der Waals surface area contributed by atoms with Crippen molar-refractivity contribution in [1.82, 2.24) is 15.3 Å². The van der Waals surface area contributed by atoms with Gasteiger partial charge in [0.1, 0.15) is 5.82 Å². The van der Waals surface area contributed by atoms with Gasteiger partial charge in [0.2, 0.25) is 5.91 Å². The molecule has 0 saturated carbocycles. The second kappa shape index (κ2) is 4.94. The molecule has 0 saturated heterocycles. The first-order valence-corrected chi connectivity index (χ1v) is 5.99. The number of aromatic nitrogens is 2. The molecule has 2 N–H and O–H groups in total. The summed E-state index contributed by atoms with van der Waals surface area (Å²) in [6.07, 6.45) is 3.85. The first kappa shape index (κ1) is 10.9. The number of carbonyl (C=O) groups is 1. The van der Waals surface area contributed by atoms with Crippen LogP contribution in [0.15, 0.2) is 29.2 Å². The van der Waals surface area contributed by atoms with Crippen molar-refractivity contribution in [2.24, 2.45) is 0 Å². The average molecular weight is 235 g/mol. The van der Waals surface area contributed by atoms with Gasteiger partial charge in [0.05, 0.1) is 12.5 Å². The third-order valence-corrected chi connectivity index (χ3v) is 2.98. The number of thiophene rings is 1. The van der Waals surface area contributed by atoms with Gasteiger partial charge in [-0.15, -0.1) is 0 Å². The zero-order valence-electron chi connectivity index (χ0n) is 8.93. The highest BCUT2D eigenvalue weighted by molar-refractivity contribution is 7.07. The van der Waals surface area contributed by atoms with E-state index in [9.17, 15) is 4.79 Å². The molecule has 4 nitrogen and oxygen atoms in total. The van der Waals surface area contributed by atoms with Crippen molar-refractivity contribution < 1.29 is 4.79 Å². The maximum absolute atomic E-state index is 11.7. The summed E-state index contributed by atoms with van der Waals surface area (Å²) in [6, 6.07) is 1.88. The van der Waals surface area contributed by atoms with Gasteiger partial charge in [0.15, 0.2) is 0 Å². The van der Waals surface area contributed by atoms with Crippen LogP contribution in [-0.2, 0) is 11.2 Å². The molecule has 1 amide bonds. The van der Waals surface area contributed by atoms with E-state index >= 15 is 0 Å². The van der Waals surface area contributed by atoms with E-state index in [-0.39, 0.29) is 11.9 Å². The molecule has 0 aliphatic heterocycles. The van der Waals surface area contributed by atoms with Crippen molar-refractivity contribution in [2.45, 2.75) is 19.4 Å². The summed E-state index contributed by atoms with van der Waals surface area (Å²) in [4.78, 5) is 18.7. The van der Waals surface area contributed by atoms with Crippen LogP contribution in [0.5, 0.6) is 0 Å². The van der Waals surface area contributed by atoms with E-state index in [1.165, 1.54) is 0 Å². The first-order valence-electron chi connectivity index (χ1n) is 5.05. The number of H-pyrrole nitrogens is 1. The number of rotatable bonds is 4. The largest absolute Gasteiger partial charge is 0.347 e. The summed E-state index contributed by atoms with van der Waals surface area (Å²) in [5, 5.41) is 6.85. The minimum atomic E-state index is -0.0823. The van der Waals surface area contributed by atoms with Gasteiger partial charge in [-0.3, -0.25) is 4.79 Å². The number of imidazole rings is 1. The maximum atomic E-state index is 11.7. The molecular formula is C11H13N3OS. The second-order valence-electron chi connectivity index (χ2n) is 3.57. The summed E-state index contributed by atoms with van der Waals surface area (Å²) in [5.74, 6) is 0.793. The molecule has 0 aromatic carbocycles. The van der Waals surface area contributed by atoms with E-state index in [2.05, 4.69) is 15.3 Å². The average Bonchev–Trinajstić information content (AvgIpc) is 2.88. The second-order valence-corrected chi connectivity index (χ2v) is 4.35. The van der Waals surface area contributed by atoms with Gasteiger partial charge in [0, 0.05) is 12.4 Å². The fourth-order valence-electron chi connectivity index (χ4n) is 1.45. The van der Waals surface area contributed by atoms with Crippen LogP contribution in [0.2, 0.25) is 0 Å². The van der Waals surface area contributed by atoms with Crippen molar-refractivity contribution in [2.75, 3.05) is 0 Å². The van der Waals surface area contributed by atoms with Crippen LogP contribution in [0.1, 0.15) is 24.4 Å². The summed E-state index contributed by atoms with van der Waals surface area (Å²) in [5.41, 5.74) is 1.05. The number of nitrogens with one attached hydrogen (secondary N) is 2. The van der Waals surface area contributed by atoms with E-state index in [0.29, 0.717) is 6.42 Å². The molecule has 2 rings (SSSR count). The van der Waals surface area contributed by atoms with Crippen molar-refractivity contribution >= 4 is 17.2 Å². The standard InChI is InChI=1S/C11H13N3OS/c1-8(11-12-3-4-13-11)14-10(15)6-9-2-5-16-7-9/h2-5,7-8H,6H2,1H3,(H,12,13)(H,14,15). The van der Waals surface area contributed by atoms with Crippen molar-refractivity contribution in [3.05, 3.63) is 40.6 Å². The first-order chi connectivity index (χ1) is 7.75. The Balaban J connectivity index is 1.88. The van der Waals surface area contributed by atoms with Crippen LogP contribution >= 0.6 is 11.3 Å². The lowest BCUT2D eigenvalue weighted by Crippen LogP contribution is -2.28. The number of hydrogen-bond donors (Lipinski definition) is 2. The van der Waals surface area contributed by atoms with Gasteiger partial charge < -0.3 is 10.3 Å². The van der Waals surface area contributed by atoms with Crippen LogP contribution in [0.3, 0.4) is 0 Å². The van der Waals surface area contributed by atoms with E-state index in [1.54, 1.807) is 23.7 Å². The lowest BCUT2D eigenvalue weighted by atomic mass is 10.2. The molecular weight excluding hydrogens is 222 g/mol. The smallest absolute Gasteiger partial charge is 0.225 e. The minimum Gasteiger partial charge on any atom is -0.347 e. The highest BCUT2D eigenvalue weighted by Crippen LogP contribution is 2.09. The van der Waals surface area contributed by atoms with Gasteiger partial charge in [0.25, 0.3) is 0 Å². The molecule has 0 aliphatic rings. The zero-order chi connectivity index (χ0) is 11.4. The molecule has 0 spiro atoms. The van der Waals surface area contributed by atoms with Crippen LogP contribution in [0, 0.1) is 0 Å². The Morgan fingerprint density at radius 3 is 3.19 bits per heavy atom. The predicted octanol–water partition coefficient (Wildman–Crippen LogP) is 1.89. The quantitative estimate of drug-likeness (QED) is 0.850. The third-order valence-electron chi connectivity index (χ3n) is 2.25. The number of carbonyl (C=O) groups excluding carboxylic acids is 1. The molecule has 2 aromatic heterocycles. The molecule has 16 heavy (non-hydrogen) atoms. The Bertz CT molecular complexity index is 436. The third kappa shape index (κ3) is 2.70. The lowest BCUT2D eigenvalue weighted by molar-refractivity contribution is -0.121. The predicted molar refractivity (Wildman–Crippen MR) is 63.2 cm³/mol. The normalized spacial score (nSPS) is 12.3. The molecule has 0 aliphatic carbocycles. The highest BCUT2D eigenvalue weighted by atomic mass is 32.1. The number of aromatic amines is 1. The van der Waals surface area contributed by atoms with Gasteiger partial charge >= 0.3 is 0 Å². The Labute approximate surface area is 97.7 Å². The summed E-state index contributed by atoms with van der Waals surface area (Å²) < 4.78 is 0.